The van der Waals surface area contributed by atoms with Crippen LogP contribution in [0.15, 0.2) is 162 Å². The van der Waals surface area contributed by atoms with Gasteiger partial charge >= 0.3 is 0 Å². The molecule has 0 aliphatic carbocycles. The molecule has 0 spiro atoms. The average molecular weight is 611 g/mol. The molecule has 1 aliphatic rings. The Morgan fingerprint density at radius 1 is 0.571 bits per heavy atom. The Bertz CT molecular complexity index is 1770. The lowest BCUT2D eigenvalue weighted by Crippen LogP contribution is -2.23. The van der Waals surface area contributed by atoms with E-state index >= 15 is 0 Å². The maximum absolute atomic E-state index is 6.55. The number of nitrogens with one attached hydrogen (secondary N) is 1. The molecule has 0 saturated heterocycles. The molecule has 204 valence electrons. The minimum atomic E-state index is -0.0422. The van der Waals surface area contributed by atoms with Crippen LogP contribution in [0, 0.1) is 0 Å². The zero-order valence-electron chi connectivity index (χ0n) is 22.8. The maximum Gasteiger partial charge on any atom is 0.130 e. The van der Waals surface area contributed by atoms with E-state index in [0.29, 0.717) is 0 Å². The number of ether oxygens (including phenoxy) is 1. The van der Waals surface area contributed by atoms with Crippen LogP contribution in [-0.2, 0) is 0 Å². The highest BCUT2D eigenvalue weighted by molar-refractivity contribution is 9.10. The van der Waals surface area contributed by atoms with Crippen LogP contribution >= 0.6 is 15.9 Å². The molecule has 42 heavy (non-hydrogen) atoms. The second kappa shape index (κ2) is 11.5. The molecule has 5 heteroatoms. The Balaban J connectivity index is 1.24. The number of benzene rings is 6. The number of halogens is 1. The number of para-hydroxylation sites is 4. The zero-order chi connectivity index (χ0) is 28.3. The van der Waals surface area contributed by atoms with Gasteiger partial charge in [0.05, 0.1) is 11.4 Å². The van der Waals surface area contributed by atoms with Crippen molar-refractivity contribution in [3.05, 3.63) is 168 Å². The summed E-state index contributed by atoms with van der Waals surface area (Å²) in [6, 6.07) is 54.2. The molecule has 6 aromatic rings. The molecule has 1 aliphatic heterocycles. The van der Waals surface area contributed by atoms with Crippen molar-refractivity contribution in [1.29, 1.82) is 0 Å². The molecule has 0 amide bonds. The number of hydrogen-bond acceptors (Lipinski definition) is 4. The normalized spacial score (nSPS) is 13.7. The SMILES string of the molecule is Brc1cc(Oc2cccc(N(c3ccccc3)c3ccccc3)c2)cc(N2c3ccccc3NC2c2ccccc2)c1. The van der Waals surface area contributed by atoms with Crippen LogP contribution in [0.25, 0.3) is 0 Å². The first kappa shape index (κ1) is 25.9. The molecule has 4 nitrogen and oxygen atoms in total. The lowest BCUT2D eigenvalue weighted by molar-refractivity contribution is 0.482. The molecule has 1 N–H and O–H groups in total. The Morgan fingerprint density at radius 2 is 1.19 bits per heavy atom. The molecule has 1 heterocycles. The molecule has 0 bridgehead atoms. The molecule has 1 atom stereocenters. The van der Waals surface area contributed by atoms with Crippen molar-refractivity contribution in [3.63, 3.8) is 0 Å². The van der Waals surface area contributed by atoms with Gasteiger partial charge in [-0.25, -0.2) is 0 Å². The van der Waals surface area contributed by atoms with Crippen LogP contribution in [0.3, 0.4) is 0 Å². The molecule has 1 unspecified atom stereocenters. The summed E-state index contributed by atoms with van der Waals surface area (Å²) in [7, 11) is 0. The number of anilines is 6. The van der Waals surface area contributed by atoms with Crippen LogP contribution in [0.1, 0.15) is 11.7 Å². The van der Waals surface area contributed by atoms with Gasteiger partial charge in [-0.3, -0.25) is 0 Å². The van der Waals surface area contributed by atoms with Crippen LogP contribution in [0.2, 0.25) is 0 Å². The van der Waals surface area contributed by atoms with Crippen molar-refractivity contribution < 1.29 is 4.74 Å². The molecule has 0 aromatic heterocycles. The van der Waals surface area contributed by atoms with Crippen molar-refractivity contribution in [1.82, 2.24) is 0 Å². The van der Waals surface area contributed by atoms with Crippen molar-refractivity contribution in [2.45, 2.75) is 6.17 Å². The van der Waals surface area contributed by atoms with E-state index in [1.54, 1.807) is 0 Å². The summed E-state index contributed by atoms with van der Waals surface area (Å²) in [6.45, 7) is 0. The predicted octanol–water partition coefficient (Wildman–Crippen LogP) is 11.0. The highest BCUT2D eigenvalue weighted by atomic mass is 79.9. The van der Waals surface area contributed by atoms with E-state index in [9.17, 15) is 0 Å². The first-order valence-corrected chi connectivity index (χ1v) is 14.7. The average Bonchev–Trinajstić information content (AvgIpc) is 3.43. The Labute approximate surface area is 254 Å². The Kier molecular flexibility index (Phi) is 7.08. The summed E-state index contributed by atoms with van der Waals surface area (Å²) >= 11 is 3.75. The van der Waals surface area contributed by atoms with Crippen LogP contribution < -0.4 is 19.9 Å². The molecular formula is C37H28BrN3O. The summed E-state index contributed by atoms with van der Waals surface area (Å²) in [6.07, 6.45) is -0.0422. The van der Waals surface area contributed by atoms with E-state index < -0.39 is 0 Å². The fourth-order valence-electron chi connectivity index (χ4n) is 5.48. The van der Waals surface area contributed by atoms with Gasteiger partial charge in [0.1, 0.15) is 17.7 Å². The summed E-state index contributed by atoms with van der Waals surface area (Å²) in [5.41, 5.74) is 7.61. The summed E-state index contributed by atoms with van der Waals surface area (Å²) < 4.78 is 7.49. The van der Waals surface area contributed by atoms with E-state index in [1.165, 1.54) is 5.56 Å². The standard InChI is InChI=1S/C37H28BrN3O/c38-28-23-32(41-36-22-11-10-21-35(36)39-37(41)27-13-4-1-5-14-27)26-34(24-28)42-33-20-12-19-31(25-33)40(29-15-6-2-7-16-29)30-17-8-3-9-18-30/h1-26,37,39H. The molecule has 6 aromatic carbocycles. The number of nitrogens with zero attached hydrogens (tertiary/aromatic N) is 2. The molecule has 7 rings (SSSR count). The first-order valence-electron chi connectivity index (χ1n) is 13.9. The van der Waals surface area contributed by atoms with Gasteiger partial charge in [0.2, 0.25) is 0 Å². The van der Waals surface area contributed by atoms with Gasteiger partial charge in [0, 0.05) is 39.4 Å². The lowest BCUT2D eigenvalue weighted by Gasteiger charge is -2.28. The van der Waals surface area contributed by atoms with E-state index in [0.717, 1.165) is 50.1 Å². The number of fused-ring (bicyclic) bond motifs is 1. The third kappa shape index (κ3) is 5.22. The minimum Gasteiger partial charge on any atom is -0.457 e. The van der Waals surface area contributed by atoms with Gasteiger partial charge in [0.15, 0.2) is 0 Å². The Morgan fingerprint density at radius 3 is 1.90 bits per heavy atom. The molecule has 0 saturated carbocycles. The highest BCUT2D eigenvalue weighted by Crippen LogP contribution is 2.47. The number of hydrogen-bond donors (Lipinski definition) is 1. The predicted molar refractivity (Wildman–Crippen MR) is 177 cm³/mol. The van der Waals surface area contributed by atoms with Gasteiger partial charge in [0.25, 0.3) is 0 Å². The van der Waals surface area contributed by atoms with Crippen molar-refractivity contribution in [2.75, 3.05) is 15.1 Å². The largest absolute Gasteiger partial charge is 0.457 e. The van der Waals surface area contributed by atoms with E-state index in [2.05, 4.69) is 152 Å². The van der Waals surface area contributed by atoms with Crippen LogP contribution in [-0.4, -0.2) is 0 Å². The smallest absolute Gasteiger partial charge is 0.130 e. The highest BCUT2D eigenvalue weighted by Gasteiger charge is 2.31. The van der Waals surface area contributed by atoms with Crippen molar-refractivity contribution in [3.8, 4) is 11.5 Å². The summed E-state index contributed by atoms with van der Waals surface area (Å²) in [4.78, 5) is 4.56. The topological polar surface area (TPSA) is 27.7 Å². The third-order valence-electron chi connectivity index (χ3n) is 7.30. The molecule has 0 radical (unpaired) electrons. The van der Waals surface area contributed by atoms with E-state index in [4.69, 9.17) is 4.74 Å². The van der Waals surface area contributed by atoms with Crippen LogP contribution in [0.5, 0.6) is 11.5 Å². The lowest BCUT2D eigenvalue weighted by atomic mass is 10.1. The van der Waals surface area contributed by atoms with Gasteiger partial charge < -0.3 is 19.9 Å². The molecular weight excluding hydrogens is 582 g/mol. The maximum atomic E-state index is 6.55. The minimum absolute atomic E-state index is 0.0422. The van der Waals surface area contributed by atoms with Crippen molar-refractivity contribution >= 4 is 50.1 Å². The second-order valence-electron chi connectivity index (χ2n) is 10.1. The zero-order valence-corrected chi connectivity index (χ0v) is 24.4. The van der Waals surface area contributed by atoms with Crippen molar-refractivity contribution in [2.24, 2.45) is 0 Å². The monoisotopic (exact) mass is 609 g/mol. The van der Waals surface area contributed by atoms with E-state index in [-0.39, 0.29) is 6.17 Å². The quantitative estimate of drug-likeness (QED) is 0.195. The van der Waals surface area contributed by atoms with Gasteiger partial charge in [-0.05, 0) is 66.2 Å². The van der Waals surface area contributed by atoms with Gasteiger partial charge in [-0.15, -0.1) is 0 Å². The second-order valence-corrected chi connectivity index (χ2v) is 11.0. The number of rotatable bonds is 7. The van der Waals surface area contributed by atoms with Gasteiger partial charge in [-0.2, -0.15) is 0 Å². The fourth-order valence-corrected chi connectivity index (χ4v) is 5.94. The summed E-state index contributed by atoms with van der Waals surface area (Å²) in [5.74, 6) is 1.51. The van der Waals surface area contributed by atoms with Gasteiger partial charge in [-0.1, -0.05) is 101 Å². The fraction of sp³-hybridized carbons (Fsp3) is 0.0270. The third-order valence-corrected chi connectivity index (χ3v) is 7.76. The molecule has 0 fully saturated rings. The Hall–Kier alpha value is -5.00. The van der Waals surface area contributed by atoms with E-state index in [1.807, 2.05) is 36.4 Å². The summed E-state index contributed by atoms with van der Waals surface area (Å²) in [5, 5.41) is 3.70. The van der Waals surface area contributed by atoms with Crippen LogP contribution in [0.4, 0.5) is 34.1 Å². The first-order chi connectivity index (χ1) is 20.7.